The van der Waals surface area contributed by atoms with Crippen LogP contribution in [-0.2, 0) is 18.0 Å². The van der Waals surface area contributed by atoms with Gasteiger partial charge in [-0.2, -0.15) is 0 Å². The molecule has 0 saturated heterocycles. The zero-order valence-electron chi connectivity index (χ0n) is 19.9. The number of hydrogen-bond acceptors (Lipinski definition) is 5. The van der Waals surface area contributed by atoms with Crippen LogP contribution in [0.3, 0.4) is 0 Å². The maximum atomic E-state index is 14.1. The molecule has 3 aromatic rings. The first-order valence-corrected chi connectivity index (χ1v) is 10.9. The van der Waals surface area contributed by atoms with E-state index in [9.17, 15) is 18.4 Å². The average molecular weight is 491 g/mol. The van der Waals surface area contributed by atoms with Crippen LogP contribution in [0.5, 0.6) is 5.75 Å². The number of hydrogen-bond donors (Lipinski definition) is 3. The molecular weight excluding hydrogens is 462 g/mol. The molecule has 0 radical (unpaired) electrons. The molecule has 2 heterocycles. The minimum absolute atomic E-state index is 0.0506. The van der Waals surface area contributed by atoms with Gasteiger partial charge in [-0.3, -0.25) is 9.20 Å². The molecule has 9 nitrogen and oxygen atoms in total. The number of fused-ring (bicyclic) bond motifs is 1. The molecule has 2 aromatic heterocycles. The second-order valence-corrected chi connectivity index (χ2v) is 8.40. The molecule has 1 unspecified atom stereocenters. The summed E-state index contributed by atoms with van der Waals surface area (Å²) in [5.41, 5.74) is 0.438. The minimum atomic E-state index is -1.19. The van der Waals surface area contributed by atoms with E-state index in [1.807, 2.05) is 0 Å². The van der Waals surface area contributed by atoms with Crippen LogP contribution in [0.1, 0.15) is 47.6 Å². The zero-order chi connectivity index (χ0) is 25.8. The van der Waals surface area contributed by atoms with Crippen molar-refractivity contribution < 1.29 is 33.0 Å². The summed E-state index contributed by atoms with van der Waals surface area (Å²) in [7, 11) is 1.51. The van der Waals surface area contributed by atoms with Crippen LogP contribution in [0.2, 0.25) is 0 Å². The molecule has 0 saturated carbocycles. The number of carboxylic acid groups (broad SMARTS) is 1. The summed E-state index contributed by atoms with van der Waals surface area (Å²) in [4.78, 5) is 28.7. The van der Waals surface area contributed by atoms with Gasteiger partial charge in [-0.05, 0) is 44.0 Å². The Balaban J connectivity index is 1.95. The van der Waals surface area contributed by atoms with Crippen molar-refractivity contribution >= 4 is 17.6 Å². The molecule has 1 aromatic carbocycles. The molecule has 0 aliphatic carbocycles. The van der Waals surface area contributed by atoms with Crippen molar-refractivity contribution in [3.8, 4) is 5.75 Å². The van der Waals surface area contributed by atoms with Gasteiger partial charge < -0.3 is 25.2 Å². The van der Waals surface area contributed by atoms with Crippen LogP contribution in [-0.4, -0.2) is 45.7 Å². The highest BCUT2D eigenvalue weighted by molar-refractivity contribution is 5.95. The van der Waals surface area contributed by atoms with Crippen molar-refractivity contribution in [2.24, 2.45) is 0 Å². The van der Waals surface area contributed by atoms with E-state index in [0.29, 0.717) is 17.7 Å². The zero-order valence-corrected chi connectivity index (χ0v) is 19.9. The Morgan fingerprint density at radius 2 is 1.91 bits per heavy atom. The Hall–Kier alpha value is -3.73. The fraction of sp³-hybridized carbons (Fsp3) is 0.375. The van der Waals surface area contributed by atoms with Gasteiger partial charge in [0.1, 0.15) is 23.9 Å². The molecule has 2 amide bonds. The normalized spacial score (nSPS) is 12.9. The number of aromatic nitrogens is 2. The lowest BCUT2D eigenvalue weighted by Crippen LogP contribution is -2.52. The monoisotopic (exact) mass is 490 g/mol. The number of pyridine rings is 1. The van der Waals surface area contributed by atoms with Gasteiger partial charge in [0.2, 0.25) is 0 Å². The van der Waals surface area contributed by atoms with Gasteiger partial charge in [0, 0.05) is 19.9 Å². The lowest BCUT2D eigenvalue weighted by Gasteiger charge is -2.28. The third kappa shape index (κ3) is 5.86. The SMILES string of the molecule is CCC(C)(CNC(=O)c1c(C)nc2c(OCc3c(F)cccc3F)cc(COC)cn12)NC(=O)O. The van der Waals surface area contributed by atoms with Crippen molar-refractivity contribution in [1.29, 1.82) is 0 Å². The van der Waals surface area contributed by atoms with Gasteiger partial charge >= 0.3 is 6.09 Å². The number of nitrogens with zero attached hydrogens (tertiary/aromatic N) is 2. The number of imidazole rings is 1. The predicted molar refractivity (Wildman–Crippen MR) is 124 cm³/mol. The van der Waals surface area contributed by atoms with Crippen molar-refractivity contribution in [2.75, 3.05) is 13.7 Å². The standard InChI is InChI=1S/C24H28F2N4O5/c1-5-24(3,29-23(32)33)13-27-22(31)20-14(2)28-21-19(9-15(11-34-4)10-30(20)21)35-12-16-17(25)7-6-8-18(16)26/h6-10,29H,5,11-13H2,1-4H3,(H,27,31)(H,32,33). The number of carbonyl (C=O) groups excluding carboxylic acids is 1. The number of amides is 2. The van der Waals surface area contributed by atoms with Crippen molar-refractivity contribution in [2.45, 2.75) is 45.9 Å². The Morgan fingerprint density at radius 1 is 1.23 bits per heavy atom. The Bertz CT molecular complexity index is 1230. The highest BCUT2D eigenvalue weighted by atomic mass is 19.1. The quantitative estimate of drug-likeness (QED) is 0.398. The molecular formula is C24H28F2N4O5. The molecule has 0 spiro atoms. The topological polar surface area (TPSA) is 114 Å². The average Bonchev–Trinajstić information content (AvgIpc) is 3.13. The van der Waals surface area contributed by atoms with E-state index < -0.39 is 29.2 Å². The van der Waals surface area contributed by atoms with Gasteiger partial charge in [0.25, 0.3) is 5.91 Å². The van der Waals surface area contributed by atoms with Crippen molar-refractivity contribution in [1.82, 2.24) is 20.0 Å². The van der Waals surface area contributed by atoms with Gasteiger partial charge in [0.15, 0.2) is 11.4 Å². The number of nitrogens with one attached hydrogen (secondary N) is 2. The van der Waals surface area contributed by atoms with Crippen LogP contribution in [0.25, 0.3) is 5.65 Å². The summed E-state index contributed by atoms with van der Waals surface area (Å²) in [6.45, 7) is 5.00. The minimum Gasteiger partial charge on any atom is -0.485 e. The number of carbonyl (C=O) groups is 2. The highest BCUT2D eigenvalue weighted by Crippen LogP contribution is 2.26. The maximum absolute atomic E-state index is 14.1. The Kier molecular flexibility index (Phi) is 7.90. The first-order valence-electron chi connectivity index (χ1n) is 10.9. The second-order valence-electron chi connectivity index (χ2n) is 8.40. The number of halogens is 2. The Morgan fingerprint density at radius 3 is 2.51 bits per heavy atom. The first-order chi connectivity index (χ1) is 16.6. The lowest BCUT2D eigenvalue weighted by molar-refractivity contribution is 0.0930. The molecule has 3 rings (SSSR count). The van der Waals surface area contributed by atoms with Crippen molar-refractivity contribution in [3.05, 3.63) is 64.6 Å². The van der Waals surface area contributed by atoms with Crippen LogP contribution in [0, 0.1) is 18.6 Å². The largest absolute Gasteiger partial charge is 0.485 e. The summed E-state index contributed by atoms with van der Waals surface area (Å²) in [6.07, 6.45) is 0.930. The van der Waals surface area contributed by atoms with E-state index in [1.165, 1.54) is 17.6 Å². The summed E-state index contributed by atoms with van der Waals surface area (Å²) >= 11 is 0. The number of methoxy groups -OCH3 is 1. The third-order valence-corrected chi connectivity index (χ3v) is 5.71. The fourth-order valence-electron chi connectivity index (χ4n) is 3.60. The van der Waals surface area contributed by atoms with E-state index in [4.69, 9.17) is 14.6 Å². The molecule has 0 aliphatic rings. The summed E-state index contributed by atoms with van der Waals surface area (Å²) in [5, 5.41) is 14.3. The van der Waals surface area contributed by atoms with Gasteiger partial charge in [0.05, 0.1) is 23.4 Å². The molecule has 0 aliphatic heterocycles. The smallest absolute Gasteiger partial charge is 0.405 e. The fourth-order valence-corrected chi connectivity index (χ4v) is 3.60. The van der Waals surface area contributed by atoms with Crippen LogP contribution in [0.15, 0.2) is 30.5 Å². The predicted octanol–water partition coefficient (Wildman–Crippen LogP) is 3.81. The lowest BCUT2D eigenvalue weighted by atomic mass is 9.99. The molecule has 0 bridgehead atoms. The summed E-state index contributed by atoms with van der Waals surface area (Å²) < 4.78 is 40.6. The molecule has 188 valence electrons. The van der Waals surface area contributed by atoms with E-state index in [-0.39, 0.29) is 42.4 Å². The molecule has 11 heteroatoms. The maximum Gasteiger partial charge on any atom is 0.405 e. The number of benzene rings is 1. The molecule has 1 atom stereocenters. The van der Waals surface area contributed by atoms with E-state index in [2.05, 4.69) is 15.6 Å². The van der Waals surface area contributed by atoms with E-state index >= 15 is 0 Å². The van der Waals surface area contributed by atoms with Gasteiger partial charge in [-0.25, -0.2) is 18.6 Å². The van der Waals surface area contributed by atoms with Crippen LogP contribution >= 0.6 is 0 Å². The summed E-state index contributed by atoms with van der Waals surface area (Å²) in [5.74, 6) is -1.72. The van der Waals surface area contributed by atoms with Crippen molar-refractivity contribution in [3.63, 3.8) is 0 Å². The van der Waals surface area contributed by atoms with Crippen LogP contribution < -0.4 is 15.4 Å². The van der Waals surface area contributed by atoms with Gasteiger partial charge in [-0.1, -0.05) is 13.0 Å². The number of rotatable bonds is 10. The summed E-state index contributed by atoms with van der Waals surface area (Å²) in [6, 6.07) is 5.19. The van der Waals surface area contributed by atoms with Crippen LogP contribution in [0.4, 0.5) is 13.6 Å². The van der Waals surface area contributed by atoms with E-state index in [0.717, 1.165) is 12.1 Å². The second kappa shape index (κ2) is 10.7. The highest BCUT2D eigenvalue weighted by Gasteiger charge is 2.27. The molecule has 35 heavy (non-hydrogen) atoms. The number of aryl methyl sites for hydroxylation is 1. The third-order valence-electron chi connectivity index (χ3n) is 5.71. The molecule has 0 fully saturated rings. The molecule has 3 N–H and O–H groups in total. The van der Waals surface area contributed by atoms with Gasteiger partial charge in [-0.15, -0.1) is 0 Å². The number of ether oxygens (including phenoxy) is 2. The first kappa shape index (κ1) is 25.9. The van der Waals surface area contributed by atoms with E-state index in [1.54, 1.807) is 33.0 Å². The Labute approximate surface area is 201 Å².